The molecule has 0 atom stereocenters. The lowest BCUT2D eigenvalue weighted by atomic mass is 10.2. The lowest BCUT2D eigenvalue weighted by molar-refractivity contribution is 0.101. The van der Waals surface area contributed by atoms with E-state index in [1.54, 1.807) is 30.2 Å². The first kappa shape index (κ1) is 15.4. The summed E-state index contributed by atoms with van der Waals surface area (Å²) < 4.78 is 1.64. The van der Waals surface area contributed by atoms with Crippen molar-refractivity contribution < 1.29 is 4.79 Å². The second kappa shape index (κ2) is 6.06. The summed E-state index contributed by atoms with van der Waals surface area (Å²) >= 11 is 1.48. The van der Waals surface area contributed by atoms with Crippen molar-refractivity contribution in [3.05, 3.63) is 59.3 Å². The smallest absolute Gasteiger partial charge is 0.267 e. The van der Waals surface area contributed by atoms with Gasteiger partial charge in [0.05, 0.1) is 23.0 Å². The number of thiazole rings is 1. The Labute approximate surface area is 147 Å². The molecule has 4 heterocycles. The van der Waals surface area contributed by atoms with Gasteiger partial charge in [0.25, 0.3) is 5.91 Å². The highest BCUT2D eigenvalue weighted by Crippen LogP contribution is 2.21. The number of rotatable bonds is 3. The molecule has 0 saturated carbocycles. The number of hydrogen-bond donors (Lipinski definition) is 1. The highest BCUT2D eigenvalue weighted by molar-refractivity contribution is 7.13. The van der Waals surface area contributed by atoms with Crippen molar-refractivity contribution in [2.24, 2.45) is 0 Å². The number of carbonyl (C=O) groups is 1. The highest BCUT2D eigenvalue weighted by atomic mass is 32.1. The average Bonchev–Trinajstić information content (AvgIpc) is 3.21. The monoisotopic (exact) mass is 350 g/mol. The predicted octanol–water partition coefficient (Wildman–Crippen LogP) is 2.95. The maximum Gasteiger partial charge on any atom is 0.273 e. The van der Waals surface area contributed by atoms with E-state index in [0.29, 0.717) is 17.1 Å². The van der Waals surface area contributed by atoms with Gasteiger partial charge in [0, 0.05) is 35.1 Å². The third-order valence-corrected chi connectivity index (χ3v) is 4.71. The first-order chi connectivity index (χ1) is 12.1. The van der Waals surface area contributed by atoms with Gasteiger partial charge < -0.3 is 0 Å². The summed E-state index contributed by atoms with van der Waals surface area (Å²) in [6, 6.07) is 3.80. The van der Waals surface area contributed by atoms with Crippen LogP contribution in [0.1, 0.15) is 21.7 Å². The van der Waals surface area contributed by atoms with Crippen LogP contribution in [0.15, 0.2) is 42.3 Å². The molecule has 0 radical (unpaired) electrons. The molecule has 1 N–H and O–H groups in total. The zero-order chi connectivity index (χ0) is 17.4. The van der Waals surface area contributed by atoms with Crippen LogP contribution in [-0.4, -0.2) is 30.5 Å². The van der Waals surface area contributed by atoms with Crippen molar-refractivity contribution >= 4 is 28.1 Å². The molecule has 0 aliphatic heterocycles. The van der Waals surface area contributed by atoms with Crippen LogP contribution >= 0.6 is 11.3 Å². The SMILES string of the molecule is Cc1csc(-c2ncc(C(=O)Nn3ccc4ccncc43)c(C)n2)n1. The summed E-state index contributed by atoms with van der Waals surface area (Å²) in [5, 5.41) is 3.69. The molecule has 0 aliphatic carbocycles. The maximum atomic E-state index is 12.6. The van der Waals surface area contributed by atoms with Crippen molar-refractivity contribution in [3.63, 3.8) is 0 Å². The zero-order valence-electron chi connectivity index (χ0n) is 13.6. The fourth-order valence-corrected chi connectivity index (χ4v) is 3.23. The van der Waals surface area contributed by atoms with Crippen LogP contribution in [0.5, 0.6) is 0 Å². The molecule has 0 spiro atoms. The van der Waals surface area contributed by atoms with Crippen LogP contribution in [0.2, 0.25) is 0 Å². The van der Waals surface area contributed by atoms with Crippen LogP contribution in [0, 0.1) is 13.8 Å². The molecule has 4 aromatic rings. The molecule has 0 unspecified atom stereocenters. The van der Waals surface area contributed by atoms with Crippen LogP contribution in [-0.2, 0) is 0 Å². The molecule has 124 valence electrons. The number of aromatic nitrogens is 5. The van der Waals surface area contributed by atoms with Gasteiger partial charge in [-0.3, -0.25) is 19.9 Å². The first-order valence-corrected chi connectivity index (χ1v) is 8.48. The number of amides is 1. The molecule has 1 amide bonds. The quantitative estimate of drug-likeness (QED) is 0.614. The topological polar surface area (TPSA) is 85.6 Å². The summed E-state index contributed by atoms with van der Waals surface area (Å²) in [6.07, 6.45) is 6.74. The molecule has 4 aromatic heterocycles. The van der Waals surface area contributed by atoms with Crippen LogP contribution < -0.4 is 5.43 Å². The van der Waals surface area contributed by atoms with Crippen LogP contribution in [0.25, 0.3) is 21.7 Å². The molecule has 0 aliphatic rings. The molecule has 8 heteroatoms. The number of pyridine rings is 1. The fourth-order valence-electron chi connectivity index (χ4n) is 2.49. The van der Waals surface area contributed by atoms with Gasteiger partial charge in [0.15, 0.2) is 10.8 Å². The Kier molecular flexibility index (Phi) is 3.73. The Balaban J connectivity index is 1.62. The van der Waals surface area contributed by atoms with E-state index < -0.39 is 0 Å². The predicted molar refractivity (Wildman–Crippen MR) is 96.0 cm³/mol. The Morgan fingerprint density at radius 3 is 2.84 bits per heavy atom. The number of aryl methyl sites for hydroxylation is 2. The minimum absolute atomic E-state index is 0.277. The Morgan fingerprint density at radius 2 is 2.08 bits per heavy atom. The van der Waals surface area contributed by atoms with Crippen molar-refractivity contribution in [2.75, 3.05) is 5.43 Å². The van der Waals surface area contributed by atoms with E-state index in [1.165, 1.54) is 17.5 Å². The van der Waals surface area contributed by atoms with Gasteiger partial charge in [-0.05, 0) is 26.0 Å². The minimum Gasteiger partial charge on any atom is -0.267 e. The van der Waals surface area contributed by atoms with Gasteiger partial charge in [-0.25, -0.2) is 15.0 Å². The minimum atomic E-state index is -0.277. The summed E-state index contributed by atoms with van der Waals surface area (Å²) in [4.78, 5) is 29.8. The Morgan fingerprint density at radius 1 is 1.20 bits per heavy atom. The van der Waals surface area contributed by atoms with E-state index in [4.69, 9.17) is 0 Å². The summed E-state index contributed by atoms with van der Waals surface area (Å²) in [7, 11) is 0. The van der Waals surface area contributed by atoms with E-state index in [-0.39, 0.29) is 5.91 Å². The van der Waals surface area contributed by atoms with Gasteiger partial charge >= 0.3 is 0 Å². The number of nitrogens with zero attached hydrogens (tertiary/aromatic N) is 5. The second-order valence-corrected chi connectivity index (χ2v) is 6.41. The Bertz CT molecular complexity index is 1080. The summed E-state index contributed by atoms with van der Waals surface area (Å²) in [6.45, 7) is 3.71. The first-order valence-electron chi connectivity index (χ1n) is 7.60. The second-order valence-electron chi connectivity index (χ2n) is 5.55. The molecule has 0 bridgehead atoms. The normalized spacial score (nSPS) is 11.0. The Hall–Kier alpha value is -3.13. The van der Waals surface area contributed by atoms with Gasteiger partial charge in [-0.15, -0.1) is 11.3 Å². The van der Waals surface area contributed by atoms with Crippen molar-refractivity contribution in [1.29, 1.82) is 0 Å². The number of nitrogens with one attached hydrogen (secondary N) is 1. The largest absolute Gasteiger partial charge is 0.273 e. The van der Waals surface area contributed by atoms with Gasteiger partial charge in [0.2, 0.25) is 0 Å². The van der Waals surface area contributed by atoms with Gasteiger partial charge in [-0.1, -0.05) is 0 Å². The number of fused-ring (bicyclic) bond motifs is 1. The molecule has 4 rings (SSSR count). The standard InChI is InChI=1S/C17H14N6OS/c1-10-9-25-17(20-10)15-19-7-13(11(2)21-15)16(24)22-23-6-4-12-3-5-18-8-14(12)23/h3-9H,1-2H3,(H,22,24). The van der Waals surface area contributed by atoms with Crippen LogP contribution in [0.4, 0.5) is 0 Å². The van der Waals surface area contributed by atoms with E-state index >= 15 is 0 Å². The molecule has 0 fully saturated rings. The van der Waals surface area contributed by atoms with Crippen molar-refractivity contribution in [1.82, 2.24) is 24.6 Å². The van der Waals surface area contributed by atoms with E-state index in [0.717, 1.165) is 21.6 Å². The van der Waals surface area contributed by atoms with E-state index in [9.17, 15) is 4.79 Å². The van der Waals surface area contributed by atoms with Crippen molar-refractivity contribution in [2.45, 2.75) is 13.8 Å². The molecular formula is C17H14N6OS. The number of hydrogen-bond acceptors (Lipinski definition) is 6. The maximum absolute atomic E-state index is 12.6. The molecule has 25 heavy (non-hydrogen) atoms. The summed E-state index contributed by atoms with van der Waals surface area (Å²) in [5.74, 6) is 0.253. The van der Waals surface area contributed by atoms with Gasteiger partial charge in [-0.2, -0.15) is 0 Å². The van der Waals surface area contributed by atoms with Crippen LogP contribution in [0.3, 0.4) is 0 Å². The highest BCUT2D eigenvalue weighted by Gasteiger charge is 2.15. The average molecular weight is 350 g/mol. The molecule has 0 saturated heterocycles. The van der Waals surface area contributed by atoms with E-state index in [1.807, 2.05) is 24.4 Å². The third kappa shape index (κ3) is 2.87. The third-order valence-electron chi connectivity index (χ3n) is 3.75. The van der Waals surface area contributed by atoms with Crippen molar-refractivity contribution in [3.8, 4) is 10.8 Å². The lowest BCUT2D eigenvalue weighted by Crippen LogP contribution is -2.23. The van der Waals surface area contributed by atoms with E-state index in [2.05, 4.69) is 25.4 Å². The number of carbonyl (C=O) groups excluding carboxylic acids is 1. The lowest BCUT2D eigenvalue weighted by Gasteiger charge is -2.09. The molecule has 0 aromatic carbocycles. The zero-order valence-corrected chi connectivity index (χ0v) is 14.4. The molecule has 7 nitrogen and oxygen atoms in total. The summed E-state index contributed by atoms with van der Waals surface area (Å²) in [5.41, 5.74) is 5.60. The fraction of sp³-hybridized carbons (Fsp3) is 0.118. The van der Waals surface area contributed by atoms with Gasteiger partial charge in [0.1, 0.15) is 0 Å². The molecular weight excluding hydrogens is 336 g/mol.